The van der Waals surface area contributed by atoms with Gasteiger partial charge in [-0.15, -0.1) is 0 Å². The lowest BCUT2D eigenvalue weighted by atomic mass is 9.74. The summed E-state index contributed by atoms with van der Waals surface area (Å²) in [4.78, 5) is 4.34. The van der Waals surface area contributed by atoms with Crippen LogP contribution in [-0.2, 0) is 16.7 Å². The molecule has 2 N–H and O–H groups in total. The summed E-state index contributed by atoms with van der Waals surface area (Å²) in [5.74, 6) is 1.71. The second-order valence-corrected chi connectivity index (χ2v) is 7.91. The largest absolute Gasteiger partial charge is 0.381 e. The average Bonchev–Trinajstić information content (AvgIpc) is 3.24. The second-order valence-electron chi connectivity index (χ2n) is 7.91. The van der Waals surface area contributed by atoms with E-state index >= 15 is 0 Å². The van der Waals surface area contributed by atoms with Crippen molar-refractivity contribution in [3.05, 3.63) is 53.2 Å². The minimum Gasteiger partial charge on any atom is -0.381 e. The van der Waals surface area contributed by atoms with Crippen LogP contribution in [0, 0.1) is 5.82 Å². The number of hydrogen-bond donors (Lipinski definition) is 2. The average molecular weight is 417 g/mol. The maximum atomic E-state index is 13.4. The topological polar surface area (TPSA) is 71.7 Å². The Bertz CT molecular complexity index is 809. The third kappa shape index (κ3) is 5.39. The van der Waals surface area contributed by atoms with Crippen molar-refractivity contribution in [2.75, 3.05) is 26.8 Å². The smallest absolute Gasteiger partial charge is 0.191 e. The van der Waals surface area contributed by atoms with Gasteiger partial charge in [-0.25, -0.2) is 4.39 Å². The Labute approximate surface area is 178 Å². The van der Waals surface area contributed by atoms with Crippen LogP contribution in [0.1, 0.15) is 62.5 Å². The van der Waals surface area contributed by atoms with Crippen LogP contribution < -0.4 is 10.6 Å². The Morgan fingerprint density at radius 2 is 1.87 bits per heavy atom. The van der Waals surface area contributed by atoms with E-state index in [0.717, 1.165) is 42.7 Å². The second kappa shape index (κ2) is 10.6. The molecule has 0 amide bonds. The molecule has 3 rings (SSSR count). The molecule has 0 unspecified atom stereocenters. The number of aromatic nitrogens is 1. The first-order valence-electron chi connectivity index (χ1n) is 10.8. The van der Waals surface area contributed by atoms with Gasteiger partial charge in [0.25, 0.3) is 0 Å². The summed E-state index contributed by atoms with van der Waals surface area (Å²) in [7, 11) is 1.75. The molecule has 2 aromatic rings. The van der Waals surface area contributed by atoms with Gasteiger partial charge in [-0.3, -0.25) is 4.99 Å². The Morgan fingerprint density at radius 3 is 2.50 bits per heavy atom. The highest BCUT2D eigenvalue weighted by Gasteiger charge is 2.34. The number of aliphatic imine (C=N–C) groups is 1. The molecule has 30 heavy (non-hydrogen) atoms. The van der Waals surface area contributed by atoms with E-state index in [1.54, 1.807) is 7.05 Å². The first-order valence-corrected chi connectivity index (χ1v) is 10.8. The summed E-state index contributed by atoms with van der Waals surface area (Å²) in [6.07, 6.45) is 3.86. The van der Waals surface area contributed by atoms with Gasteiger partial charge < -0.3 is 19.9 Å². The van der Waals surface area contributed by atoms with E-state index in [2.05, 4.69) is 34.6 Å². The van der Waals surface area contributed by atoms with Crippen LogP contribution in [-0.4, -0.2) is 37.9 Å². The Morgan fingerprint density at radius 1 is 1.17 bits per heavy atom. The van der Waals surface area contributed by atoms with Crippen molar-refractivity contribution in [2.24, 2.45) is 4.99 Å². The molecule has 1 aliphatic heterocycles. The Balaban J connectivity index is 1.61. The van der Waals surface area contributed by atoms with E-state index in [-0.39, 0.29) is 11.2 Å². The lowest BCUT2D eigenvalue weighted by Gasteiger charge is -2.38. The molecule has 1 aromatic carbocycles. The van der Waals surface area contributed by atoms with Crippen LogP contribution in [0.25, 0.3) is 0 Å². The van der Waals surface area contributed by atoms with E-state index in [4.69, 9.17) is 9.26 Å². The predicted molar refractivity (Wildman–Crippen MR) is 116 cm³/mol. The minimum absolute atomic E-state index is 0.113. The molecule has 7 heteroatoms. The maximum absolute atomic E-state index is 13.4. The number of hydrogen-bond acceptors (Lipinski definition) is 4. The first-order chi connectivity index (χ1) is 14.6. The van der Waals surface area contributed by atoms with Crippen LogP contribution in [0.2, 0.25) is 0 Å². The number of benzene rings is 1. The molecule has 0 aliphatic carbocycles. The van der Waals surface area contributed by atoms with Gasteiger partial charge in [0.15, 0.2) is 11.7 Å². The molecule has 0 spiro atoms. The van der Waals surface area contributed by atoms with E-state index in [1.165, 1.54) is 12.1 Å². The fourth-order valence-corrected chi connectivity index (χ4v) is 4.09. The molecule has 0 radical (unpaired) electrons. The molecule has 0 atom stereocenters. The Kier molecular flexibility index (Phi) is 7.85. The number of nitrogens with one attached hydrogen (secondary N) is 2. The summed E-state index contributed by atoms with van der Waals surface area (Å²) < 4.78 is 24.5. The molecular weight excluding hydrogens is 383 g/mol. The Hall–Kier alpha value is -2.41. The van der Waals surface area contributed by atoms with Crippen LogP contribution >= 0.6 is 0 Å². The van der Waals surface area contributed by atoms with Crippen molar-refractivity contribution in [1.82, 2.24) is 15.8 Å². The standard InChI is InChI=1S/C23H33FN4O2/c1-4-17(5-2)21-14-20(30-28-21)15-26-22(25-3)27-16-23(10-12-29-13-11-23)18-6-8-19(24)9-7-18/h6-9,14,17H,4-5,10-13,15-16H2,1-3H3,(H2,25,26,27). The van der Waals surface area contributed by atoms with Gasteiger partial charge in [-0.05, 0) is 43.4 Å². The van der Waals surface area contributed by atoms with Crippen LogP contribution in [0.15, 0.2) is 39.8 Å². The van der Waals surface area contributed by atoms with Gasteiger partial charge in [0.05, 0.1) is 12.2 Å². The third-order valence-electron chi connectivity index (χ3n) is 6.14. The van der Waals surface area contributed by atoms with Gasteiger partial charge in [-0.1, -0.05) is 31.1 Å². The third-order valence-corrected chi connectivity index (χ3v) is 6.14. The van der Waals surface area contributed by atoms with Crippen molar-refractivity contribution in [3.8, 4) is 0 Å². The molecule has 6 nitrogen and oxygen atoms in total. The fraction of sp³-hybridized carbons (Fsp3) is 0.565. The van der Waals surface area contributed by atoms with Gasteiger partial charge >= 0.3 is 0 Å². The van der Waals surface area contributed by atoms with Crippen molar-refractivity contribution >= 4 is 5.96 Å². The van der Waals surface area contributed by atoms with Crippen molar-refractivity contribution in [2.45, 2.75) is 57.4 Å². The molecule has 0 bridgehead atoms. The predicted octanol–water partition coefficient (Wildman–Crippen LogP) is 4.13. The zero-order chi connectivity index (χ0) is 21.4. The summed E-state index contributed by atoms with van der Waals surface area (Å²) in [6, 6.07) is 8.84. The molecule has 1 fully saturated rings. The molecule has 164 valence electrons. The highest BCUT2D eigenvalue weighted by Crippen LogP contribution is 2.34. The number of guanidine groups is 1. The first kappa shape index (κ1) is 22.3. The summed E-state index contributed by atoms with van der Waals surface area (Å²) in [6.45, 7) is 6.93. The van der Waals surface area contributed by atoms with Crippen LogP contribution in [0.4, 0.5) is 4.39 Å². The monoisotopic (exact) mass is 416 g/mol. The van der Waals surface area contributed by atoms with Gasteiger partial charge in [0, 0.05) is 44.2 Å². The van der Waals surface area contributed by atoms with Crippen LogP contribution in [0.5, 0.6) is 0 Å². The van der Waals surface area contributed by atoms with Crippen LogP contribution in [0.3, 0.4) is 0 Å². The van der Waals surface area contributed by atoms with Crippen molar-refractivity contribution < 1.29 is 13.7 Å². The van der Waals surface area contributed by atoms with Gasteiger partial charge in [0.1, 0.15) is 5.82 Å². The highest BCUT2D eigenvalue weighted by molar-refractivity contribution is 5.79. The van der Waals surface area contributed by atoms with E-state index in [0.29, 0.717) is 38.2 Å². The van der Waals surface area contributed by atoms with Gasteiger partial charge in [0.2, 0.25) is 0 Å². The highest BCUT2D eigenvalue weighted by atomic mass is 19.1. The zero-order valence-electron chi connectivity index (χ0n) is 18.2. The van der Waals surface area contributed by atoms with Crippen molar-refractivity contribution in [1.29, 1.82) is 0 Å². The van der Waals surface area contributed by atoms with E-state index in [1.807, 2.05) is 18.2 Å². The SMILES string of the molecule is CCC(CC)c1cc(CNC(=NC)NCC2(c3ccc(F)cc3)CCOCC2)on1. The molecule has 1 aromatic heterocycles. The summed E-state index contributed by atoms with van der Waals surface area (Å²) in [5.41, 5.74) is 2.02. The molecular formula is C23H33FN4O2. The summed E-state index contributed by atoms with van der Waals surface area (Å²) >= 11 is 0. The number of ether oxygens (including phenoxy) is 1. The molecule has 2 heterocycles. The minimum atomic E-state index is -0.216. The van der Waals surface area contributed by atoms with E-state index < -0.39 is 0 Å². The lowest BCUT2D eigenvalue weighted by Crippen LogP contribution is -2.47. The van der Waals surface area contributed by atoms with Gasteiger partial charge in [-0.2, -0.15) is 0 Å². The molecule has 0 saturated carbocycles. The normalized spacial score (nSPS) is 16.6. The fourth-order valence-electron chi connectivity index (χ4n) is 4.09. The lowest BCUT2D eigenvalue weighted by molar-refractivity contribution is 0.0513. The molecule has 1 aliphatic rings. The number of rotatable bonds is 8. The molecule has 1 saturated heterocycles. The summed E-state index contributed by atoms with van der Waals surface area (Å²) in [5, 5.41) is 11.0. The quantitative estimate of drug-likeness (QED) is 0.500. The number of nitrogens with zero attached hydrogens (tertiary/aromatic N) is 2. The zero-order valence-corrected chi connectivity index (χ0v) is 18.2. The van der Waals surface area contributed by atoms with Crippen molar-refractivity contribution in [3.63, 3.8) is 0 Å². The van der Waals surface area contributed by atoms with E-state index in [9.17, 15) is 4.39 Å². The number of halogens is 1. The maximum Gasteiger partial charge on any atom is 0.191 e.